The monoisotopic (exact) mass is 385 g/mol. The van der Waals surface area contributed by atoms with Crippen molar-refractivity contribution < 1.29 is 9.90 Å². The van der Waals surface area contributed by atoms with Gasteiger partial charge in [0.2, 0.25) is 0 Å². The van der Waals surface area contributed by atoms with Gasteiger partial charge in [0.25, 0.3) is 0 Å². The molecular formula is C15H13BrClNO2S. The predicted molar refractivity (Wildman–Crippen MR) is 91.4 cm³/mol. The van der Waals surface area contributed by atoms with Crippen LogP contribution in [-0.2, 0) is 17.8 Å². The molecule has 3 nitrogen and oxygen atoms in total. The third-order valence-electron chi connectivity index (χ3n) is 3.67. The van der Waals surface area contributed by atoms with E-state index in [0.29, 0.717) is 0 Å². The smallest absolute Gasteiger partial charge is 0.342 e. The fourth-order valence-corrected chi connectivity index (χ4v) is 4.49. The van der Waals surface area contributed by atoms with Crippen molar-refractivity contribution in [2.45, 2.75) is 13.0 Å². The first-order valence-electron chi connectivity index (χ1n) is 6.49. The molecule has 1 aliphatic rings. The standard InChI is InChI=1S/C15H13BrClNO2S/c1-18-5-4-8-11(17)2-3-12-14(8)9(7-18)13(21-12)6-10(16)15(19)20/h2-3,6H,4-5,7H2,1H3,(H,19,20)/b10-6-. The van der Waals surface area contributed by atoms with Gasteiger partial charge >= 0.3 is 5.97 Å². The number of nitrogens with zero attached hydrogens (tertiary/aromatic N) is 1. The Balaban J connectivity index is 2.28. The van der Waals surface area contributed by atoms with Crippen molar-refractivity contribution in [2.75, 3.05) is 13.6 Å². The van der Waals surface area contributed by atoms with Crippen LogP contribution in [0.15, 0.2) is 16.6 Å². The molecule has 1 aromatic carbocycles. The minimum absolute atomic E-state index is 0.171. The maximum absolute atomic E-state index is 11.0. The average Bonchev–Trinajstić information content (AvgIpc) is 2.64. The molecule has 0 aliphatic carbocycles. The topological polar surface area (TPSA) is 40.5 Å². The van der Waals surface area contributed by atoms with Crippen molar-refractivity contribution in [3.8, 4) is 0 Å². The summed E-state index contributed by atoms with van der Waals surface area (Å²) in [5.41, 5.74) is 2.35. The number of hydrogen-bond acceptors (Lipinski definition) is 3. The number of hydrogen-bond donors (Lipinski definition) is 1. The fraction of sp³-hybridized carbons (Fsp3) is 0.267. The number of carbonyl (C=O) groups is 1. The van der Waals surface area contributed by atoms with E-state index < -0.39 is 5.97 Å². The zero-order valence-corrected chi connectivity index (χ0v) is 14.5. The lowest BCUT2D eigenvalue weighted by molar-refractivity contribution is -0.131. The van der Waals surface area contributed by atoms with E-state index in [2.05, 4.69) is 27.9 Å². The molecule has 110 valence electrons. The molecule has 2 aromatic rings. The van der Waals surface area contributed by atoms with Crippen molar-refractivity contribution in [1.29, 1.82) is 0 Å². The Kier molecular flexibility index (Phi) is 4.10. The van der Waals surface area contributed by atoms with Crippen molar-refractivity contribution in [3.05, 3.63) is 37.6 Å². The highest BCUT2D eigenvalue weighted by Gasteiger charge is 2.21. The fourth-order valence-electron chi connectivity index (χ4n) is 2.67. The molecule has 3 rings (SSSR count). The first kappa shape index (κ1) is 15.0. The summed E-state index contributed by atoms with van der Waals surface area (Å²) in [4.78, 5) is 14.3. The van der Waals surface area contributed by atoms with Crippen LogP contribution in [-0.4, -0.2) is 29.6 Å². The van der Waals surface area contributed by atoms with Gasteiger partial charge in [0.15, 0.2) is 0 Å². The molecular weight excluding hydrogens is 374 g/mol. The van der Waals surface area contributed by atoms with Crippen LogP contribution < -0.4 is 0 Å². The Bertz CT molecular complexity index is 769. The number of carboxylic acid groups (broad SMARTS) is 1. The number of halogens is 2. The van der Waals surface area contributed by atoms with Crippen LogP contribution in [0.2, 0.25) is 5.02 Å². The minimum Gasteiger partial charge on any atom is -0.477 e. The van der Waals surface area contributed by atoms with E-state index in [1.165, 1.54) is 16.5 Å². The van der Waals surface area contributed by atoms with Crippen LogP contribution in [0.1, 0.15) is 16.0 Å². The molecule has 0 unspecified atom stereocenters. The zero-order valence-electron chi connectivity index (χ0n) is 11.3. The largest absolute Gasteiger partial charge is 0.477 e. The Labute approximate surface area is 139 Å². The molecule has 0 bridgehead atoms. The summed E-state index contributed by atoms with van der Waals surface area (Å²) >= 11 is 11.1. The second-order valence-corrected chi connectivity index (χ2v) is 7.47. The highest BCUT2D eigenvalue weighted by molar-refractivity contribution is 9.12. The maximum Gasteiger partial charge on any atom is 0.342 e. The summed E-state index contributed by atoms with van der Waals surface area (Å²) < 4.78 is 1.33. The van der Waals surface area contributed by atoms with Crippen LogP contribution in [0.3, 0.4) is 0 Å². The summed E-state index contributed by atoms with van der Waals surface area (Å²) in [6, 6.07) is 3.96. The molecule has 2 heterocycles. The molecule has 0 fully saturated rings. The second-order valence-electron chi connectivity index (χ2n) is 5.13. The quantitative estimate of drug-likeness (QED) is 0.780. The van der Waals surface area contributed by atoms with Crippen LogP contribution >= 0.6 is 38.9 Å². The highest BCUT2D eigenvalue weighted by Crippen LogP contribution is 2.40. The van der Waals surface area contributed by atoms with Crippen molar-refractivity contribution in [3.63, 3.8) is 0 Å². The Hall–Kier alpha value is -0.880. The number of thiophene rings is 1. The number of rotatable bonds is 2. The molecule has 21 heavy (non-hydrogen) atoms. The zero-order chi connectivity index (χ0) is 15.1. The maximum atomic E-state index is 11.0. The number of carboxylic acids is 1. The summed E-state index contributed by atoms with van der Waals surface area (Å²) in [5, 5.41) is 11.1. The van der Waals surface area contributed by atoms with Gasteiger partial charge in [-0.2, -0.15) is 0 Å². The lowest BCUT2D eigenvalue weighted by Crippen LogP contribution is -2.18. The molecule has 0 saturated heterocycles. The van der Waals surface area contributed by atoms with Gasteiger partial charge in [-0.25, -0.2) is 4.79 Å². The first-order chi connectivity index (χ1) is 9.97. The molecule has 1 N–H and O–H groups in total. The van der Waals surface area contributed by atoms with E-state index in [9.17, 15) is 4.79 Å². The average molecular weight is 387 g/mol. The van der Waals surface area contributed by atoms with Gasteiger partial charge < -0.3 is 10.0 Å². The van der Waals surface area contributed by atoms with Gasteiger partial charge in [0, 0.05) is 33.1 Å². The first-order valence-corrected chi connectivity index (χ1v) is 8.48. The normalized spacial score (nSPS) is 16.2. The van der Waals surface area contributed by atoms with Gasteiger partial charge in [0.1, 0.15) is 4.48 Å². The summed E-state index contributed by atoms with van der Waals surface area (Å²) in [6.45, 7) is 1.75. The number of aliphatic carboxylic acids is 1. The molecule has 1 aromatic heterocycles. The lowest BCUT2D eigenvalue weighted by atomic mass is 10.0. The summed E-state index contributed by atoms with van der Waals surface area (Å²) in [7, 11) is 2.07. The van der Waals surface area contributed by atoms with Gasteiger partial charge in [-0.3, -0.25) is 0 Å². The van der Waals surface area contributed by atoms with Crippen LogP contribution in [0.5, 0.6) is 0 Å². The van der Waals surface area contributed by atoms with Crippen LogP contribution in [0.4, 0.5) is 0 Å². The highest BCUT2D eigenvalue weighted by atomic mass is 79.9. The van der Waals surface area contributed by atoms with Gasteiger partial charge in [-0.05, 0) is 58.7 Å². The molecule has 0 atom stereocenters. The Morgan fingerprint density at radius 2 is 2.24 bits per heavy atom. The number of benzene rings is 1. The van der Waals surface area contributed by atoms with Crippen molar-refractivity contribution in [1.82, 2.24) is 4.90 Å². The third kappa shape index (κ3) is 2.75. The summed E-state index contributed by atoms with van der Waals surface area (Å²) in [5.74, 6) is -0.958. The molecule has 0 amide bonds. The molecule has 6 heteroatoms. The number of likely N-dealkylation sites (N-methyl/N-ethyl adjacent to an activating group) is 1. The molecule has 0 radical (unpaired) electrons. The van der Waals surface area contributed by atoms with Gasteiger partial charge in [0.05, 0.1) is 0 Å². The predicted octanol–water partition coefficient (Wildman–Crippen LogP) is 4.36. The molecule has 0 spiro atoms. The molecule has 1 aliphatic heterocycles. The van der Waals surface area contributed by atoms with E-state index in [4.69, 9.17) is 16.7 Å². The second kappa shape index (κ2) is 5.72. The van der Waals surface area contributed by atoms with Crippen molar-refractivity contribution >= 4 is 61.0 Å². The molecule has 0 saturated carbocycles. The van der Waals surface area contributed by atoms with Gasteiger partial charge in [-0.15, -0.1) is 11.3 Å². The lowest BCUT2D eigenvalue weighted by Gasteiger charge is -2.13. The van der Waals surface area contributed by atoms with Crippen molar-refractivity contribution in [2.24, 2.45) is 0 Å². The van der Waals surface area contributed by atoms with E-state index in [-0.39, 0.29) is 4.48 Å². The van der Waals surface area contributed by atoms with E-state index in [1.807, 2.05) is 12.1 Å². The van der Waals surface area contributed by atoms with Crippen LogP contribution in [0.25, 0.3) is 16.2 Å². The van der Waals surface area contributed by atoms with Crippen LogP contribution in [0, 0.1) is 0 Å². The van der Waals surface area contributed by atoms with Gasteiger partial charge in [-0.1, -0.05) is 11.6 Å². The summed E-state index contributed by atoms with van der Waals surface area (Å²) in [6.07, 6.45) is 2.61. The Morgan fingerprint density at radius 3 is 2.95 bits per heavy atom. The van der Waals surface area contributed by atoms with E-state index in [1.54, 1.807) is 17.4 Å². The third-order valence-corrected chi connectivity index (χ3v) is 5.74. The van der Waals surface area contributed by atoms with E-state index in [0.717, 1.165) is 34.1 Å². The minimum atomic E-state index is -0.958. The SMILES string of the molecule is CN1CCc2c(Cl)ccc3sc(/C=C(\Br)C(=O)O)c(c23)C1. The van der Waals surface area contributed by atoms with E-state index >= 15 is 0 Å². The Morgan fingerprint density at radius 1 is 1.48 bits per heavy atom.